The molecule has 0 bridgehead atoms. The van der Waals surface area contributed by atoms with E-state index in [1.807, 2.05) is 41.8 Å². The maximum absolute atomic E-state index is 13.0. The number of carboxylic acid groups (broad SMARTS) is 1. The third-order valence-electron chi connectivity index (χ3n) is 6.10. The zero-order valence-electron chi connectivity index (χ0n) is 19.3. The van der Waals surface area contributed by atoms with Gasteiger partial charge in [0.05, 0.1) is 5.01 Å². The number of benzene rings is 2. The van der Waals surface area contributed by atoms with E-state index >= 15 is 0 Å². The summed E-state index contributed by atoms with van der Waals surface area (Å²) in [6.07, 6.45) is 1.26. The van der Waals surface area contributed by atoms with Crippen LogP contribution in [-0.2, 0) is 20.7 Å². The molecule has 0 aliphatic heterocycles. The highest BCUT2D eigenvalue weighted by molar-refractivity contribution is 7.09. The summed E-state index contributed by atoms with van der Waals surface area (Å²) >= 11 is 1.50. The first-order valence-corrected chi connectivity index (χ1v) is 12.3. The monoisotopic (exact) mass is 493 g/mol. The molecule has 4 rings (SSSR count). The van der Waals surface area contributed by atoms with Gasteiger partial charge in [-0.2, -0.15) is 0 Å². The summed E-state index contributed by atoms with van der Waals surface area (Å²) in [5.41, 5.74) is 4.41. The summed E-state index contributed by atoms with van der Waals surface area (Å²) < 4.78 is 5.55. The third-order valence-corrected chi connectivity index (χ3v) is 6.94. The molecule has 1 aliphatic rings. The Morgan fingerprint density at radius 3 is 2.37 bits per heavy atom. The lowest BCUT2D eigenvalue weighted by Gasteiger charge is -2.24. The predicted molar refractivity (Wildman–Crippen MR) is 132 cm³/mol. The van der Waals surface area contributed by atoms with Crippen molar-refractivity contribution in [2.24, 2.45) is 0 Å². The number of hydrogen-bond donors (Lipinski definition) is 2. The highest BCUT2D eigenvalue weighted by Crippen LogP contribution is 2.44. The van der Waals surface area contributed by atoms with Crippen LogP contribution in [0.3, 0.4) is 0 Å². The molecule has 1 aliphatic carbocycles. The Kier molecular flexibility index (Phi) is 7.77. The molecule has 2 amide bonds. The second kappa shape index (κ2) is 11.1. The molecule has 0 spiro atoms. The van der Waals surface area contributed by atoms with Gasteiger partial charge in [0, 0.05) is 43.9 Å². The molecule has 0 radical (unpaired) electrons. The number of aromatic nitrogens is 1. The maximum atomic E-state index is 13.0. The number of thiazole rings is 1. The molecule has 35 heavy (non-hydrogen) atoms. The van der Waals surface area contributed by atoms with Crippen LogP contribution in [0.15, 0.2) is 60.1 Å². The highest BCUT2D eigenvalue weighted by atomic mass is 32.1. The van der Waals surface area contributed by atoms with Gasteiger partial charge < -0.3 is 20.1 Å². The maximum Gasteiger partial charge on any atom is 0.407 e. The van der Waals surface area contributed by atoms with E-state index in [1.54, 1.807) is 13.2 Å². The van der Waals surface area contributed by atoms with E-state index in [9.17, 15) is 14.4 Å². The molecule has 2 aromatic carbocycles. The molecule has 1 aromatic heterocycles. The van der Waals surface area contributed by atoms with Crippen molar-refractivity contribution in [3.05, 3.63) is 76.2 Å². The van der Waals surface area contributed by atoms with Crippen LogP contribution in [0.1, 0.15) is 34.9 Å². The second-order valence-electron chi connectivity index (χ2n) is 8.39. The van der Waals surface area contributed by atoms with Crippen LogP contribution in [0, 0.1) is 0 Å². The number of aliphatic carboxylic acids is 1. The van der Waals surface area contributed by atoms with Crippen molar-refractivity contribution in [2.75, 3.05) is 20.2 Å². The van der Waals surface area contributed by atoms with E-state index < -0.39 is 18.1 Å². The molecule has 182 valence electrons. The van der Waals surface area contributed by atoms with Crippen LogP contribution >= 0.6 is 11.3 Å². The Morgan fingerprint density at radius 2 is 1.77 bits per heavy atom. The Morgan fingerprint density at radius 1 is 1.11 bits per heavy atom. The lowest BCUT2D eigenvalue weighted by atomic mass is 9.98. The largest absolute Gasteiger partial charge is 0.481 e. The smallest absolute Gasteiger partial charge is 0.407 e. The van der Waals surface area contributed by atoms with Gasteiger partial charge in [-0.1, -0.05) is 48.5 Å². The number of carbonyl (C=O) groups excluding carboxylic acids is 2. The van der Waals surface area contributed by atoms with Crippen molar-refractivity contribution in [1.29, 1.82) is 0 Å². The number of rotatable bonds is 10. The van der Waals surface area contributed by atoms with Crippen LogP contribution in [0.4, 0.5) is 4.79 Å². The Labute approximate surface area is 207 Å². The first kappa shape index (κ1) is 24.4. The zero-order chi connectivity index (χ0) is 24.8. The number of carbonyl (C=O) groups is 3. The summed E-state index contributed by atoms with van der Waals surface area (Å²) in [7, 11) is 1.63. The lowest BCUT2D eigenvalue weighted by molar-refractivity contribution is -0.137. The molecular formula is C26H27N3O5S. The molecular weight excluding hydrogens is 466 g/mol. The van der Waals surface area contributed by atoms with Gasteiger partial charge in [0.15, 0.2) is 0 Å². The number of alkyl carbamates (subject to hydrolysis) is 1. The van der Waals surface area contributed by atoms with Gasteiger partial charge in [0.1, 0.15) is 12.6 Å². The number of hydrogen-bond acceptors (Lipinski definition) is 6. The standard InChI is InChI=1S/C26H27N3O5S/c1-29(14-12-23-27-13-15-35-23)25(32)22(10-11-24(30)31)28-26(33)34-16-21-19-8-4-2-6-17(19)18-7-3-5-9-20(18)21/h2-9,13,15,21-22H,10-12,14,16H2,1H3,(H,28,33)(H,30,31). The molecule has 0 saturated carbocycles. The second-order valence-corrected chi connectivity index (χ2v) is 9.37. The van der Waals surface area contributed by atoms with Crippen molar-refractivity contribution < 1.29 is 24.2 Å². The fourth-order valence-corrected chi connectivity index (χ4v) is 4.93. The Hall–Kier alpha value is -3.72. The minimum atomic E-state index is -1.04. The summed E-state index contributed by atoms with van der Waals surface area (Å²) in [5.74, 6) is -1.51. The first-order chi connectivity index (χ1) is 16.9. The minimum absolute atomic E-state index is 0.0278. The Bertz CT molecular complexity index is 1150. The van der Waals surface area contributed by atoms with E-state index in [2.05, 4.69) is 22.4 Å². The predicted octanol–water partition coefficient (Wildman–Crippen LogP) is 3.92. The Balaban J connectivity index is 1.39. The van der Waals surface area contributed by atoms with E-state index in [-0.39, 0.29) is 31.3 Å². The summed E-state index contributed by atoms with van der Waals surface area (Å²) in [5, 5.41) is 14.5. The molecule has 0 fully saturated rings. The van der Waals surface area contributed by atoms with Crippen LogP contribution < -0.4 is 5.32 Å². The van der Waals surface area contributed by atoms with Crippen molar-refractivity contribution in [3.63, 3.8) is 0 Å². The van der Waals surface area contributed by atoms with Gasteiger partial charge in [-0.3, -0.25) is 9.59 Å². The molecule has 1 unspecified atom stereocenters. The van der Waals surface area contributed by atoms with E-state index in [0.29, 0.717) is 13.0 Å². The van der Waals surface area contributed by atoms with Crippen molar-refractivity contribution in [1.82, 2.24) is 15.2 Å². The minimum Gasteiger partial charge on any atom is -0.481 e. The number of fused-ring (bicyclic) bond motifs is 3. The van der Waals surface area contributed by atoms with Gasteiger partial charge in [-0.05, 0) is 28.7 Å². The molecule has 2 N–H and O–H groups in total. The normalized spacial score (nSPS) is 12.9. The summed E-state index contributed by atoms with van der Waals surface area (Å²) in [6.45, 7) is 0.516. The lowest BCUT2D eigenvalue weighted by Crippen LogP contribution is -2.48. The number of ether oxygens (including phenoxy) is 1. The molecule has 9 heteroatoms. The van der Waals surface area contributed by atoms with Gasteiger partial charge in [-0.15, -0.1) is 11.3 Å². The van der Waals surface area contributed by atoms with Crippen molar-refractivity contribution >= 4 is 29.3 Å². The van der Waals surface area contributed by atoms with Crippen molar-refractivity contribution in [3.8, 4) is 11.1 Å². The molecule has 0 saturated heterocycles. The molecule has 8 nitrogen and oxygen atoms in total. The first-order valence-electron chi connectivity index (χ1n) is 11.4. The SMILES string of the molecule is CN(CCc1nccs1)C(=O)C(CCC(=O)O)NC(=O)OCC1c2ccccc2-c2ccccc21. The van der Waals surface area contributed by atoms with Crippen LogP contribution in [0.5, 0.6) is 0 Å². The molecule has 1 heterocycles. The van der Waals surface area contributed by atoms with Gasteiger partial charge in [0.25, 0.3) is 0 Å². The van der Waals surface area contributed by atoms with Crippen LogP contribution in [-0.4, -0.2) is 59.2 Å². The zero-order valence-corrected chi connectivity index (χ0v) is 20.2. The van der Waals surface area contributed by atoms with E-state index in [4.69, 9.17) is 9.84 Å². The summed E-state index contributed by atoms with van der Waals surface area (Å²) in [6, 6.07) is 15.0. The molecule has 3 aromatic rings. The number of likely N-dealkylation sites (N-methyl/N-ethyl adjacent to an activating group) is 1. The van der Waals surface area contributed by atoms with Gasteiger partial charge in [0.2, 0.25) is 5.91 Å². The number of nitrogens with one attached hydrogen (secondary N) is 1. The number of carboxylic acids is 1. The average Bonchev–Trinajstić information content (AvgIpc) is 3.49. The summed E-state index contributed by atoms with van der Waals surface area (Å²) in [4.78, 5) is 42.5. The molecule has 1 atom stereocenters. The third kappa shape index (κ3) is 5.86. The highest BCUT2D eigenvalue weighted by Gasteiger charge is 2.30. The van der Waals surface area contributed by atoms with Crippen LogP contribution in [0.2, 0.25) is 0 Å². The fraction of sp³-hybridized carbons (Fsp3) is 0.308. The number of nitrogens with zero attached hydrogens (tertiary/aromatic N) is 2. The topological polar surface area (TPSA) is 109 Å². The number of amides is 2. The van der Waals surface area contributed by atoms with Gasteiger partial charge in [-0.25, -0.2) is 9.78 Å². The van der Waals surface area contributed by atoms with Crippen LogP contribution in [0.25, 0.3) is 11.1 Å². The van der Waals surface area contributed by atoms with E-state index in [0.717, 1.165) is 27.3 Å². The average molecular weight is 494 g/mol. The van der Waals surface area contributed by atoms with E-state index in [1.165, 1.54) is 16.2 Å². The van der Waals surface area contributed by atoms with Gasteiger partial charge >= 0.3 is 12.1 Å². The fourth-order valence-electron chi connectivity index (χ4n) is 4.32. The quantitative estimate of drug-likeness (QED) is 0.443. The van der Waals surface area contributed by atoms with Crippen molar-refractivity contribution in [2.45, 2.75) is 31.2 Å².